The van der Waals surface area contributed by atoms with Crippen LogP contribution in [-0.4, -0.2) is 147 Å². The molecule has 2 aromatic rings. The third-order valence-electron chi connectivity index (χ3n) is 7.98. The number of nitrogens with two attached hydrogens (primary N) is 1. The van der Waals surface area contributed by atoms with E-state index in [1.807, 2.05) is 0 Å². The monoisotopic (exact) mass is 751 g/mol. The number of H-pyrrole nitrogens is 1. The van der Waals surface area contributed by atoms with Crippen LogP contribution in [0.15, 0.2) is 11.1 Å². The molecular formula is C28H46N7O15P. The number of aromatic amines is 1. The standard InChI is InChI=1S/C28H46N7O15P/c1-14-20(38)22(40)18(32-15(2)36)27(49-14)46-7-4-3-5-17(37)30-6-8-44-9-10-45-13-47-23-21(39)16(11-48-51(42)43)50-26(23)35-12-31-19-24(35)33-28(29)34-25(19)41/h12,14,16,18,20-23,26-27,38-40,51H,3-11,13H2,1-2H3,(H,30,37)(H,32,36)(H,42,43)(H3,29,33,34,41)/t14-,16+,18-,20?,21+,22-,23+,26+,27-/m0/s1. The Hall–Kier alpha value is -3.12. The molecule has 9 N–H and O–H groups in total. The molecular weight excluding hydrogens is 705 g/mol. The lowest BCUT2D eigenvalue weighted by Crippen LogP contribution is -2.63. The smallest absolute Gasteiger partial charge is 0.316 e. The number of imidazole rings is 1. The molecule has 2 aliphatic rings. The van der Waals surface area contributed by atoms with Gasteiger partial charge in [0.05, 0.1) is 38.9 Å². The summed E-state index contributed by atoms with van der Waals surface area (Å²) in [5.74, 6) is -0.756. The number of fused-ring (bicyclic) bond motifs is 1. The number of nitrogens with zero attached hydrogens (tertiary/aromatic N) is 3. The Balaban J connectivity index is 1.10. The zero-order valence-electron chi connectivity index (χ0n) is 28.0. The molecule has 4 heterocycles. The fourth-order valence-electron chi connectivity index (χ4n) is 5.45. The van der Waals surface area contributed by atoms with Gasteiger partial charge in [-0.15, -0.1) is 0 Å². The molecule has 0 aromatic carbocycles. The van der Waals surface area contributed by atoms with Crippen LogP contribution in [0.4, 0.5) is 5.95 Å². The van der Waals surface area contributed by atoms with Crippen molar-refractivity contribution < 1.29 is 67.3 Å². The summed E-state index contributed by atoms with van der Waals surface area (Å²) in [6, 6.07) is -0.930. The predicted octanol–water partition coefficient (Wildman–Crippen LogP) is -2.99. The minimum absolute atomic E-state index is 0.0284. The van der Waals surface area contributed by atoms with Gasteiger partial charge in [0.15, 0.2) is 23.7 Å². The molecule has 51 heavy (non-hydrogen) atoms. The number of amides is 2. The van der Waals surface area contributed by atoms with Crippen LogP contribution in [0.5, 0.6) is 0 Å². The van der Waals surface area contributed by atoms with E-state index in [4.69, 9.17) is 43.6 Å². The van der Waals surface area contributed by atoms with Crippen LogP contribution in [0.2, 0.25) is 0 Å². The molecule has 0 radical (unpaired) electrons. The number of ether oxygens (including phenoxy) is 6. The summed E-state index contributed by atoms with van der Waals surface area (Å²) >= 11 is 0. The summed E-state index contributed by atoms with van der Waals surface area (Å²) in [4.78, 5) is 55.4. The molecule has 2 aromatic heterocycles. The number of nitrogens with one attached hydrogen (secondary N) is 3. The summed E-state index contributed by atoms with van der Waals surface area (Å²) in [5.41, 5.74) is 5.13. The number of aliphatic hydroxyl groups is 3. The molecule has 0 spiro atoms. The molecule has 2 aliphatic heterocycles. The van der Waals surface area contributed by atoms with E-state index in [0.717, 1.165) is 0 Å². The molecule has 22 nitrogen and oxygen atoms in total. The topological polar surface area (TPSA) is 310 Å². The van der Waals surface area contributed by atoms with Gasteiger partial charge in [0.1, 0.15) is 43.4 Å². The van der Waals surface area contributed by atoms with E-state index in [9.17, 15) is 34.3 Å². The lowest BCUT2D eigenvalue weighted by molar-refractivity contribution is -0.260. The number of carbonyl (C=O) groups excluding carboxylic acids is 2. The first-order chi connectivity index (χ1) is 24.4. The summed E-state index contributed by atoms with van der Waals surface area (Å²) in [7, 11) is -3.30. The SMILES string of the molecule is CC(=O)N[C@@H]1[C@@H](OCCCCC(=O)NCCOCCOCO[C@@H]2[C@H](O)[C@@H](CO[PH](=O)O)O[C@H]2n2cnc3c(=O)[nH]c(N)nc32)O[C@@H](C)C(O)[C@H]1O. The number of hydrogen-bond donors (Lipinski definition) is 8. The molecule has 4 rings (SSSR count). The van der Waals surface area contributed by atoms with Gasteiger partial charge in [-0.25, -0.2) is 4.98 Å². The van der Waals surface area contributed by atoms with Crippen molar-refractivity contribution in [2.45, 2.75) is 88.3 Å². The number of aromatic nitrogens is 4. The average Bonchev–Trinajstić information content (AvgIpc) is 3.63. The van der Waals surface area contributed by atoms with Crippen LogP contribution < -0.4 is 21.9 Å². The van der Waals surface area contributed by atoms with Crippen LogP contribution in [0.3, 0.4) is 0 Å². The first-order valence-electron chi connectivity index (χ1n) is 16.2. The molecule has 0 bridgehead atoms. The lowest BCUT2D eigenvalue weighted by atomic mass is 9.97. The van der Waals surface area contributed by atoms with Crippen molar-refractivity contribution in [1.82, 2.24) is 30.2 Å². The second-order valence-electron chi connectivity index (χ2n) is 11.8. The number of anilines is 1. The predicted molar refractivity (Wildman–Crippen MR) is 173 cm³/mol. The van der Waals surface area contributed by atoms with Gasteiger partial charge in [-0.05, 0) is 19.8 Å². The maximum atomic E-state index is 12.2. The van der Waals surface area contributed by atoms with E-state index in [2.05, 4.69) is 25.6 Å². The van der Waals surface area contributed by atoms with Gasteiger partial charge in [-0.2, -0.15) is 4.98 Å². The van der Waals surface area contributed by atoms with E-state index in [1.165, 1.54) is 17.8 Å². The molecule has 0 aliphatic carbocycles. The number of unbranched alkanes of at least 4 members (excludes halogenated alkanes) is 1. The Morgan fingerprint density at radius 1 is 1.08 bits per heavy atom. The number of carbonyl (C=O) groups is 2. The van der Waals surface area contributed by atoms with Gasteiger partial charge < -0.3 is 69.5 Å². The highest BCUT2D eigenvalue weighted by molar-refractivity contribution is 7.32. The van der Waals surface area contributed by atoms with Crippen molar-refractivity contribution in [2.75, 3.05) is 52.1 Å². The molecule has 23 heteroatoms. The normalized spacial score (nSPS) is 28.5. The van der Waals surface area contributed by atoms with Crippen LogP contribution in [-0.2, 0) is 47.1 Å². The van der Waals surface area contributed by atoms with Crippen molar-refractivity contribution in [1.29, 1.82) is 0 Å². The van der Waals surface area contributed by atoms with Gasteiger partial charge in [0.25, 0.3) is 5.56 Å². The second kappa shape index (κ2) is 19.6. The van der Waals surface area contributed by atoms with Crippen molar-refractivity contribution in [3.05, 3.63) is 16.7 Å². The zero-order chi connectivity index (χ0) is 37.1. The van der Waals surface area contributed by atoms with Crippen LogP contribution in [0, 0.1) is 0 Å². The summed E-state index contributed by atoms with van der Waals surface area (Å²) < 4.78 is 50.9. The quantitative estimate of drug-likeness (QED) is 0.0380. The molecule has 2 saturated heterocycles. The Kier molecular flexibility index (Phi) is 15.7. The molecule has 2 amide bonds. The summed E-state index contributed by atoms with van der Waals surface area (Å²) in [6.45, 7) is 3.10. The third-order valence-corrected chi connectivity index (χ3v) is 8.40. The van der Waals surface area contributed by atoms with E-state index >= 15 is 0 Å². The lowest BCUT2D eigenvalue weighted by Gasteiger charge is -2.41. The Morgan fingerprint density at radius 3 is 2.59 bits per heavy atom. The van der Waals surface area contributed by atoms with Crippen molar-refractivity contribution in [3.8, 4) is 0 Å². The first-order valence-corrected chi connectivity index (χ1v) is 17.5. The van der Waals surface area contributed by atoms with E-state index in [0.29, 0.717) is 12.8 Å². The van der Waals surface area contributed by atoms with Crippen LogP contribution in [0.1, 0.15) is 39.3 Å². The van der Waals surface area contributed by atoms with E-state index < -0.39 is 81.5 Å². The molecule has 0 saturated carbocycles. The maximum absolute atomic E-state index is 12.2. The van der Waals surface area contributed by atoms with Crippen molar-refractivity contribution in [3.63, 3.8) is 0 Å². The third kappa shape index (κ3) is 11.4. The second-order valence-corrected chi connectivity index (χ2v) is 12.6. The van der Waals surface area contributed by atoms with Gasteiger partial charge in [-0.3, -0.25) is 28.5 Å². The van der Waals surface area contributed by atoms with Crippen molar-refractivity contribution in [2.24, 2.45) is 0 Å². The Labute approximate surface area is 291 Å². The highest BCUT2D eigenvalue weighted by atomic mass is 31.1. The maximum Gasteiger partial charge on any atom is 0.316 e. The van der Waals surface area contributed by atoms with Crippen molar-refractivity contribution >= 4 is 37.2 Å². The number of nitrogen functional groups attached to an aromatic ring is 1. The van der Waals surface area contributed by atoms with Crippen LogP contribution in [0.25, 0.3) is 11.2 Å². The van der Waals surface area contributed by atoms with Gasteiger partial charge in [0, 0.05) is 26.5 Å². The van der Waals surface area contributed by atoms with Gasteiger partial charge in [-0.1, -0.05) is 0 Å². The number of aliphatic hydroxyl groups excluding tert-OH is 3. The number of hydrogen-bond acceptors (Lipinski definition) is 17. The van der Waals surface area contributed by atoms with Gasteiger partial charge >= 0.3 is 8.25 Å². The average molecular weight is 752 g/mol. The summed E-state index contributed by atoms with van der Waals surface area (Å²) in [5, 5.41) is 36.5. The first kappa shape index (κ1) is 40.6. The van der Waals surface area contributed by atoms with E-state index in [1.54, 1.807) is 6.92 Å². The zero-order valence-corrected chi connectivity index (χ0v) is 29.0. The van der Waals surface area contributed by atoms with Crippen LogP contribution >= 0.6 is 8.25 Å². The van der Waals surface area contributed by atoms with E-state index in [-0.39, 0.29) is 69.2 Å². The fourth-order valence-corrected chi connectivity index (χ4v) is 5.75. The molecule has 288 valence electrons. The fraction of sp³-hybridized carbons (Fsp3) is 0.750. The highest BCUT2D eigenvalue weighted by Gasteiger charge is 2.47. The molecule has 10 atom stereocenters. The largest absolute Gasteiger partial charge is 0.388 e. The minimum atomic E-state index is -3.30. The van der Waals surface area contributed by atoms with Gasteiger partial charge in [0.2, 0.25) is 17.8 Å². The highest BCUT2D eigenvalue weighted by Crippen LogP contribution is 2.34. The molecule has 2 fully saturated rings. The summed E-state index contributed by atoms with van der Waals surface area (Å²) in [6.07, 6.45) is -6.11. The Morgan fingerprint density at radius 2 is 1.84 bits per heavy atom. The Bertz CT molecular complexity index is 1510. The molecule has 2 unspecified atom stereocenters. The minimum Gasteiger partial charge on any atom is -0.388 e. The number of rotatable bonds is 20.